The summed E-state index contributed by atoms with van der Waals surface area (Å²) in [6, 6.07) is 4.62. The van der Waals surface area contributed by atoms with Gasteiger partial charge in [0.05, 0.1) is 22.8 Å². The molecule has 2 rings (SSSR count). The van der Waals surface area contributed by atoms with Crippen molar-refractivity contribution < 1.29 is 8.42 Å². The summed E-state index contributed by atoms with van der Waals surface area (Å²) in [5.41, 5.74) is 6.98. The van der Waals surface area contributed by atoms with E-state index >= 15 is 0 Å². The Morgan fingerprint density at radius 2 is 2.14 bits per heavy atom. The van der Waals surface area contributed by atoms with Crippen molar-refractivity contribution in [2.75, 3.05) is 18.1 Å². The number of nitrogens with zero attached hydrogens (tertiary/aromatic N) is 1. The van der Waals surface area contributed by atoms with E-state index in [1.165, 1.54) is 24.1 Å². The quantitative estimate of drug-likeness (QED) is 0.703. The molecular weight excluding hydrogens is 308 g/mol. The zero-order chi connectivity index (χ0) is 15.5. The number of hydrogen-bond donors (Lipinski definition) is 3. The number of thiazole rings is 1. The summed E-state index contributed by atoms with van der Waals surface area (Å²) in [5.74, 6) is 0. The van der Waals surface area contributed by atoms with Gasteiger partial charge in [0.2, 0.25) is 10.0 Å². The maximum absolute atomic E-state index is 11.7. The second-order valence-electron chi connectivity index (χ2n) is 4.38. The Balaban J connectivity index is 2.11. The van der Waals surface area contributed by atoms with Gasteiger partial charge in [-0.1, -0.05) is 6.92 Å². The van der Waals surface area contributed by atoms with E-state index in [2.05, 4.69) is 21.9 Å². The number of nitrogen functional groups attached to an aromatic ring is 1. The van der Waals surface area contributed by atoms with Gasteiger partial charge in [-0.25, -0.2) is 18.1 Å². The van der Waals surface area contributed by atoms with Gasteiger partial charge in [0.25, 0.3) is 0 Å². The lowest BCUT2D eigenvalue weighted by Crippen LogP contribution is -2.18. The molecule has 0 unspecified atom stereocenters. The molecule has 1 heterocycles. The van der Waals surface area contributed by atoms with Gasteiger partial charge in [-0.2, -0.15) is 0 Å². The molecule has 21 heavy (non-hydrogen) atoms. The number of rotatable bonds is 6. The van der Waals surface area contributed by atoms with E-state index in [-0.39, 0.29) is 4.90 Å². The third-order valence-corrected chi connectivity index (χ3v) is 5.54. The lowest BCUT2D eigenvalue weighted by atomic mass is 10.2. The van der Waals surface area contributed by atoms with Crippen LogP contribution in [0.2, 0.25) is 0 Å². The lowest BCUT2D eigenvalue weighted by Gasteiger charge is -2.10. The zero-order valence-corrected chi connectivity index (χ0v) is 13.5. The predicted molar refractivity (Wildman–Crippen MR) is 85.9 cm³/mol. The van der Waals surface area contributed by atoms with E-state index in [0.717, 1.165) is 11.4 Å². The second-order valence-corrected chi connectivity index (χ2v) is 7.47. The Labute approximate surface area is 128 Å². The summed E-state index contributed by atoms with van der Waals surface area (Å²) in [5, 5.41) is 4.14. The monoisotopic (exact) mass is 326 g/mol. The molecule has 0 saturated heterocycles. The summed E-state index contributed by atoms with van der Waals surface area (Å²) in [7, 11) is -2.11. The minimum Gasteiger partial charge on any atom is -0.397 e. The van der Waals surface area contributed by atoms with Crippen molar-refractivity contribution in [3.8, 4) is 0 Å². The van der Waals surface area contributed by atoms with Crippen LogP contribution in [0.1, 0.15) is 16.8 Å². The highest BCUT2D eigenvalue weighted by molar-refractivity contribution is 7.89. The summed E-state index contributed by atoms with van der Waals surface area (Å²) < 4.78 is 25.6. The van der Waals surface area contributed by atoms with Crippen LogP contribution in [-0.4, -0.2) is 20.4 Å². The number of anilines is 2. The molecule has 0 aliphatic carbocycles. The van der Waals surface area contributed by atoms with Crippen LogP contribution in [0.3, 0.4) is 0 Å². The van der Waals surface area contributed by atoms with Crippen LogP contribution in [0.4, 0.5) is 11.4 Å². The third kappa shape index (κ3) is 3.72. The number of sulfonamides is 1. The molecular formula is C13H18N4O2S2. The Morgan fingerprint density at radius 1 is 1.38 bits per heavy atom. The molecule has 0 aliphatic heterocycles. The Hall–Kier alpha value is -1.64. The second kappa shape index (κ2) is 6.42. The van der Waals surface area contributed by atoms with Crippen molar-refractivity contribution in [1.82, 2.24) is 9.71 Å². The lowest BCUT2D eigenvalue weighted by molar-refractivity contribution is 0.588. The molecule has 8 heteroatoms. The molecule has 114 valence electrons. The van der Waals surface area contributed by atoms with Crippen LogP contribution in [0.25, 0.3) is 0 Å². The number of nitrogens with one attached hydrogen (secondary N) is 2. The highest BCUT2D eigenvalue weighted by atomic mass is 32.2. The SMILES string of the molecule is CCc1cnc(CNc2ccc(S(=O)(=O)NC)cc2N)s1. The van der Waals surface area contributed by atoms with Gasteiger partial charge in [-0.15, -0.1) is 11.3 Å². The van der Waals surface area contributed by atoms with E-state index in [1.54, 1.807) is 17.4 Å². The smallest absolute Gasteiger partial charge is 0.240 e. The maximum atomic E-state index is 11.7. The zero-order valence-electron chi connectivity index (χ0n) is 11.9. The molecule has 6 nitrogen and oxygen atoms in total. The molecule has 1 aromatic heterocycles. The molecule has 0 fully saturated rings. The molecule has 0 radical (unpaired) electrons. The van der Waals surface area contributed by atoms with E-state index in [1.807, 2.05) is 6.20 Å². The fourth-order valence-corrected chi connectivity index (χ4v) is 3.32. The van der Waals surface area contributed by atoms with Crippen molar-refractivity contribution in [1.29, 1.82) is 0 Å². The minimum absolute atomic E-state index is 0.149. The number of nitrogens with two attached hydrogens (primary N) is 1. The normalized spacial score (nSPS) is 11.5. The van der Waals surface area contributed by atoms with Crippen molar-refractivity contribution in [2.45, 2.75) is 24.8 Å². The van der Waals surface area contributed by atoms with Crippen LogP contribution >= 0.6 is 11.3 Å². The topological polar surface area (TPSA) is 97.1 Å². The molecule has 0 bridgehead atoms. The molecule has 2 aromatic rings. The number of benzene rings is 1. The first kappa shape index (κ1) is 15.7. The first-order chi connectivity index (χ1) is 9.96. The van der Waals surface area contributed by atoms with Crippen molar-refractivity contribution >= 4 is 32.7 Å². The highest BCUT2D eigenvalue weighted by Crippen LogP contribution is 2.23. The van der Waals surface area contributed by atoms with Gasteiger partial charge in [0.15, 0.2) is 0 Å². The minimum atomic E-state index is -3.47. The van der Waals surface area contributed by atoms with Gasteiger partial charge < -0.3 is 11.1 Å². The first-order valence-corrected chi connectivity index (χ1v) is 8.76. The van der Waals surface area contributed by atoms with Gasteiger partial charge in [0.1, 0.15) is 5.01 Å². The molecule has 0 aliphatic rings. The number of aryl methyl sites for hydroxylation is 1. The average Bonchev–Trinajstić information content (AvgIpc) is 2.94. The van der Waals surface area contributed by atoms with E-state index in [4.69, 9.17) is 5.73 Å². The van der Waals surface area contributed by atoms with E-state index in [9.17, 15) is 8.42 Å². The van der Waals surface area contributed by atoms with Crippen LogP contribution in [0, 0.1) is 0 Å². The van der Waals surface area contributed by atoms with Gasteiger partial charge >= 0.3 is 0 Å². The molecule has 1 aromatic carbocycles. The maximum Gasteiger partial charge on any atom is 0.240 e. The molecule has 0 atom stereocenters. The molecule has 4 N–H and O–H groups in total. The van der Waals surface area contributed by atoms with Crippen molar-refractivity contribution in [3.63, 3.8) is 0 Å². The van der Waals surface area contributed by atoms with Crippen LogP contribution in [-0.2, 0) is 23.0 Å². The van der Waals surface area contributed by atoms with Gasteiger partial charge in [-0.3, -0.25) is 0 Å². The largest absolute Gasteiger partial charge is 0.397 e. The van der Waals surface area contributed by atoms with Crippen molar-refractivity contribution in [3.05, 3.63) is 34.3 Å². The molecule has 0 amide bonds. The highest BCUT2D eigenvalue weighted by Gasteiger charge is 2.13. The van der Waals surface area contributed by atoms with Crippen molar-refractivity contribution in [2.24, 2.45) is 0 Å². The number of aromatic nitrogens is 1. The standard InChI is InChI=1S/C13H18N4O2S2/c1-3-9-7-17-13(20-9)8-16-12-5-4-10(6-11(12)14)21(18,19)15-2/h4-7,15-16H,3,8,14H2,1-2H3. The summed E-state index contributed by atoms with van der Waals surface area (Å²) in [4.78, 5) is 5.69. The Morgan fingerprint density at radius 3 is 2.71 bits per heavy atom. The fraction of sp³-hybridized carbons (Fsp3) is 0.308. The average molecular weight is 326 g/mol. The van der Waals surface area contributed by atoms with Gasteiger partial charge in [-0.05, 0) is 31.7 Å². The number of hydrogen-bond acceptors (Lipinski definition) is 6. The summed E-state index contributed by atoms with van der Waals surface area (Å²) in [6.45, 7) is 2.65. The Bertz CT molecular complexity index is 726. The molecule has 0 saturated carbocycles. The van der Waals surface area contributed by atoms with E-state index in [0.29, 0.717) is 17.9 Å². The Kier molecular flexibility index (Phi) is 4.81. The predicted octanol–water partition coefficient (Wildman–Crippen LogP) is 1.81. The first-order valence-electron chi connectivity index (χ1n) is 6.46. The fourth-order valence-electron chi connectivity index (χ4n) is 1.75. The van der Waals surface area contributed by atoms with Gasteiger partial charge in [0, 0.05) is 11.1 Å². The van der Waals surface area contributed by atoms with Crippen LogP contribution in [0.15, 0.2) is 29.3 Å². The third-order valence-electron chi connectivity index (χ3n) is 2.98. The van der Waals surface area contributed by atoms with E-state index < -0.39 is 10.0 Å². The summed E-state index contributed by atoms with van der Waals surface area (Å²) in [6.07, 6.45) is 2.84. The summed E-state index contributed by atoms with van der Waals surface area (Å²) >= 11 is 1.65. The molecule has 0 spiro atoms. The van der Waals surface area contributed by atoms with Crippen LogP contribution < -0.4 is 15.8 Å². The van der Waals surface area contributed by atoms with Crippen LogP contribution in [0.5, 0.6) is 0 Å².